The lowest BCUT2D eigenvalue weighted by Gasteiger charge is -2.44. The highest BCUT2D eigenvalue weighted by atomic mass is 35.5. The normalized spacial score (nSPS) is 17.4. The topological polar surface area (TPSA) is 43.8 Å². The maximum Gasteiger partial charge on any atom is 0.416 e. The summed E-state index contributed by atoms with van der Waals surface area (Å²) in [7, 11) is 0. The summed E-state index contributed by atoms with van der Waals surface area (Å²) in [4.78, 5) is 16.7. The van der Waals surface area contributed by atoms with Gasteiger partial charge in [0, 0.05) is 29.7 Å². The van der Waals surface area contributed by atoms with Gasteiger partial charge in [-0.25, -0.2) is 0 Å². The van der Waals surface area contributed by atoms with E-state index in [0.29, 0.717) is 21.6 Å². The molecule has 1 amide bonds. The SMILES string of the molecule is O=C(C(O)c1ccc(C(F)(F)F)cc1)N1CCN(c2ccc(Cl)cc2Cl)C(c2ccc(Cl)cc2)C1. The Balaban J connectivity index is 1.59. The number of piperazine rings is 1. The number of carbonyl (C=O) groups is 1. The minimum absolute atomic E-state index is 0.0919. The summed E-state index contributed by atoms with van der Waals surface area (Å²) in [6.45, 7) is 0.900. The molecule has 1 heterocycles. The maximum atomic E-state index is 13.1. The molecular formula is C25H20Cl3F3N2O2. The monoisotopic (exact) mass is 542 g/mol. The zero-order valence-electron chi connectivity index (χ0n) is 18.1. The number of nitrogens with zero attached hydrogens (tertiary/aromatic N) is 2. The molecule has 0 saturated carbocycles. The van der Waals surface area contributed by atoms with Gasteiger partial charge in [0.1, 0.15) is 0 Å². The lowest BCUT2D eigenvalue weighted by atomic mass is 9.99. The predicted octanol–water partition coefficient (Wildman–Crippen LogP) is 6.79. The van der Waals surface area contributed by atoms with Crippen LogP contribution in [0.1, 0.15) is 28.8 Å². The summed E-state index contributed by atoms with van der Waals surface area (Å²) >= 11 is 18.6. The van der Waals surface area contributed by atoms with Crippen molar-refractivity contribution in [1.82, 2.24) is 4.90 Å². The van der Waals surface area contributed by atoms with E-state index in [0.717, 1.165) is 35.5 Å². The number of hydrogen-bond donors (Lipinski definition) is 1. The van der Waals surface area contributed by atoms with E-state index < -0.39 is 23.8 Å². The second-order valence-electron chi connectivity index (χ2n) is 8.16. The molecule has 35 heavy (non-hydrogen) atoms. The van der Waals surface area contributed by atoms with E-state index in [2.05, 4.69) is 4.90 Å². The highest BCUT2D eigenvalue weighted by Gasteiger charge is 2.35. The van der Waals surface area contributed by atoms with Crippen LogP contribution in [0.4, 0.5) is 18.9 Å². The smallest absolute Gasteiger partial charge is 0.378 e. The second kappa shape index (κ2) is 10.3. The first-order valence-electron chi connectivity index (χ1n) is 10.7. The van der Waals surface area contributed by atoms with E-state index in [1.165, 1.54) is 4.90 Å². The Morgan fingerprint density at radius 2 is 1.54 bits per heavy atom. The fourth-order valence-corrected chi connectivity index (χ4v) is 4.77. The van der Waals surface area contributed by atoms with E-state index in [4.69, 9.17) is 34.8 Å². The van der Waals surface area contributed by atoms with Crippen molar-refractivity contribution in [3.8, 4) is 0 Å². The Kier molecular flexibility index (Phi) is 7.52. The van der Waals surface area contributed by atoms with Crippen LogP contribution in [0.5, 0.6) is 0 Å². The van der Waals surface area contributed by atoms with Gasteiger partial charge in [-0.3, -0.25) is 4.79 Å². The predicted molar refractivity (Wildman–Crippen MR) is 131 cm³/mol. The molecule has 10 heteroatoms. The zero-order chi connectivity index (χ0) is 25.3. The summed E-state index contributed by atoms with van der Waals surface area (Å²) in [5, 5.41) is 12.2. The van der Waals surface area contributed by atoms with Crippen molar-refractivity contribution in [2.75, 3.05) is 24.5 Å². The number of aliphatic hydroxyl groups excluding tert-OH is 1. The molecule has 184 valence electrons. The van der Waals surface area contributed by atoms with E-state index in [-0.39, 0.29) is 24.7 Å². The van der Waals surface area contributed by atoms with Crippen molar-refractivity contribution in [3.05, 3.63) is 98.5 Å². The van der Waals surface area contributed by atoms with Gasteiger partial charge in [0.25, 0.3) is 5.91 Å². The van der Waals surface area contributed by atoms with Gasteiger partial charge >= 0.3 is 6.18 Å². The average molecular weight is 544 g/mol. The highest BCUT2D eigenvalue weighted by molar-refractivity contribution is 6.36. The summed E-state index contributed by atoms with van der Waals surface area (Å²) in [6, 6.07) is 16.0. The van der Waals surface area contributed by atoms with E-state index in [1.807, 2.05) is 18.2 Å². The van der Waals surface area contributed by atoms with Gasteiger partial charge in [0.05, 0.1) is 22.3 Å². The van der Waals surface area contributed by atoms with Gasteiger partial charge in [-0.05, 0) is 53.6 Å². The van der Waals surface area contributed by atoms with E-state index in [9.17, 15) is 23.1 Å². The molecule has 0 aromatic heterocycles. The highest BCUT2D eigenvalue weighted by Crippen LogP contribution is 2.37. The summed E-state index contributed by atoms with van der Waals surface area (Å²) in [5.41, 5.74) is 0.861. The number of aliphatic hydroxyl groups is 1. The Labute approximate surface area is 215 Å². The number of hydrogen-bond acceptors (Lipinski definition) is 3. The molecule has 1 saturated heterocycles. The van der Waals surface area contributed by atoms with Crippen molar-refractivity contribution in [1.29, 1.82) is 0 Å². The summed E-state index contributed by atoms with van der Waals surface area (Å²) < 4.78 is 38.6. The fraction of sp³-hybridized carbons (Fsp3) is 0.240. The Hall–Kier alpha value is -2.45. The Morgan fingerprint density at radius 1 is 0.914 bits per heavy atom. The molecule has 2 atom stereocenters. The van der Waals surface area contributed by atoms with Crippen molar-refractivity contribution in [2.45, 2.75) is 18.3 Å². The lowest BCUT2D eigenvalue weighted by Crippen LogP contribution is -2.51. The fourth-order valence-electron chi connectivity index (χ4n) is 4.13. The quantitative estimate of drug-likeness (QED) is 0.394. The van der Waals surface area contributed by atoms with Gasteiger partial charge in [0.15, 0.2) is 6.10 Å². The van der Waals surface area contributed by atoms with Gasteiger partial charge in [-0.2, -0.15) is 13.2 Å². The molecule has 0 bridgehead atoms. The number of amides is 1. The van der Waals surface area contributed by atoms with Crippen molar-refractivity contribution in [2.24, 2.45) is 0 Å². The first kappa shape index (κ1) is 25.6. The van der Waals surface area contributed by atoms with Crippen LogP contribution >= 0.6 is 34.8 Å². The van der Waals surface area contributed by atoms with Gasteiger partial charge in [-0.15, -0.1) is 0 Å². The summed E-state index contributed by atoms with van der Waals surface area (Å²) in [5.74, 6) is -0.592. The minimum atomic E-state index is -4.50. The average Bonchev–Trinajstić information content (AvgIpc) is 2.83. The van der Waals surface area contributed by atoms with E-state index >= 15 is 0 Å². The first-order valence-corrected chi connectivity index (χ1v) is 11.8. The van der Waals surface area contributed by atoms with Crippen LogP contribution in [0.2, 0.25) is 15.1 Å². The number of carbonyl (C=O) groups excluding carboxylic acids is 1. The number of rotatable bonds is 4. The van der Waals surface area contributed by atoms with Crippen molar-refractivity contribution in [3.63, 3.8) is 0 Å². The minimum Gasteiger partial charge on any atom is -0.378 e. The molecule has 0 radical (unpaired) electrons. The molecule has 0 spiro atoms. The zero-order valence-corrected chi connectivity index (χ0v) is 20.4. The molecule has 1 aliphatic heterocycles. The Bertz CT molecular complexity index is 1200. The van der Waals surface area contributed by atoms with Gasteiger partial charge in [-0.1, -0.05) is 59.1 Å². The largest absolute Gasteiger partial charge is 0.416 e. The molecule has 3 aromatic carbocycles. The number of benzene rings is 3. The molecule has 2 unspecified atom stereocenters. The third-order valence-electron chi connectivity index (χ3n) is 5.95. The van der Waals surface area contributed by atoms with E-state index in [1.54, 1.807) is 24.3 Å². The second-order valence-corrected chi connectivity index (χ2v) is 9.44. The lowest BCUT2D eigenvalue weighted by molar-refractivity contribution is -0.141. The maximum absolute atomic E-state index is 13.1. The van der Waals surface area contributed by atoms with Crippen LogP contribution in [0, 0.1) is 0 Å². The van der Waals surface area contributed by atoms with Crippen LogP contribution in [0.15, 0.2) is 66.7 Å². The molecule has 4 rings (SSSR count). The standard InChI is InChI=1S/C25H20Cl3F3N2O2/c26-18-7-3-15(4-8-18)22-14-32(11-12-33(22)21-10-9-19(27)13-20(21)28)24(35)23(34)16-1-5-17(6-2-16)25(29,30)31/h1-10,13,22-23,34H,11-12,14H2. The van der Waals surface area contributed by atoms with Crippen molar-refractivity contribution < 1.29 is 23.1 Å². The van der Waals surface area contributed by atoms with Gasteiger partial charge in [0.2, 0.25) is 0 Å². The number of anilines is 1. The molecular weight excluding hydrogens is 524 g/mol. The number of halogens is 6. The van der Waals surface area contributed by atoms with Crippen molar-refractivity contribution >= 4 is 46.4 Å². The van der Waals surface area contributed by atoms with Gasteiger partial charge < -0.3 is 14.9 Å². The third-order valence-corrected chi connectivity index (χ3v) is 6.74. The molecule has 3 aromatic rings. The molecule has 1 N–H and O–H groups in total. The van der Waals surface area contributed by atoms with Crippen LogP contribution in [-0.2, 0) is 11.0 Å². The third kappa shape index (κ3) is 5.70. The van der Waals surface area contributed by atoms with Crippen LogP contribution < -0.4 is 4.90 Å². The van der Waals surface area contributed by atoms with Crippen LogP contribution in [0.3, 0.4) is 0 Å². The molecule has 0 aliphatic carbocycles. The Morgan fingerprint density at radius 3 is 2.14 bits per heavy atom. The van der Waals surface area contributed by atoms with Crippen LogP contribution in [-0.4, -0.2) is 35.5 Å². The number of alkyl halides is 3. The molecule has 1 aliphatic rings. The summed E-state index contributed by atoms with van der Waals surface area (Å²) in [6.07, 6.45) is -6.09. The molecule has 4 nitrogen and oxygen atoms in total. The van der Waals surface area contributed by atoms with Crippen LogP contribution in [0.25, 0.3) is 0 Å². The first-order chi connectivity index (χ1) is 16.5. The molecule has 1 fully saturated rings.